The lowest BCUT2D eigenvalue weighted by atomic mass is 10.2. The molecule has 3 rings (SSSR count). The van der Waals surface area contributed by atoms with Crippen LogP contribution >= 0.6 is 0 Å². The average molecular weight is 443 g/mol. The minimum atomic E-state index is -3.79. The van der Waals surface area contributed by atoms with E-state index in [1.165, 1.54) is 57.6 Å². The molecule has 9 nitrogen and oxygen atoms in total. The van der Waals surface area contributed by atoms with Crippen LogP contribution in [-0.2, 0) is 14.8 Å². The molecule has 0 aliphatic carbocycles. The Morgan fingerprint density at radius 2 is 1.77 bits per heavy atom. The van der Waals surface area contributed by atoms with Crippen molar-refractivity contribution in [3.8, 4) is 17.2 Å². The maximum Gasteiger partial charge on any atom is 0.586 e. The number of nitrogens with zero attached hydrogens (tertiary/aromatic N) is 1. The second kappa shape index (κ2) is 7.95. The van der Waals surface area contributed by atoms with Crippen molar-refractivity contribution in [1.82, 2.24) is 4.31 Å². The topological polar surface area (TPSA) is 106 Å². The van der Waals surface area contributed by atoms with E-state index in [1.807, 2.05) is 0 Å². The van der Waals surface area contributed by atoms with E-state index in [-0.39, 0.29) is 34.4 Å². The molecule has 12 heteroatoms. The fourth-order valence-electron chi connectivity index (χ4n) is 2.60. The van der Waals surface area contributed by atoms with Crippen molar-refractivity contribution < 1.29 is 36.2 Å². The highest BCUT2D eigenvalue weighted by atomic mass is 32.2. The number of methoxy groups -OCH3 is 1. The summed E-state index contributed by atoms with van der Waals surface area (Å²) in [6.45, 7) is -0.210. The molecule has 0 unspecified atom stereocenters. The first-order chi connectivity index (χ1) is 14.0. The summed E-state index contributed by atoms with van der Waals surface area (Å²) < 4.78 is 65.8. The van der Waals surface area contributed by atoms with E-state index in [0.717, 1.165) is 4.31 Å². The molecule has 0 radical (unpaired) electrons. The molecular weight excluding hydrogens is 424 g/mol. The smallest absolute Gasteiger partial charge is 0.495 e. The summed E-state index contributed by atoms with van der Waals surface area (Å²) in [5, 5.41) is 5.33. The quantitative estimate of drug-likeness (QED) is 0.677. The predicted octanol–water partition coefficient (Wildman–Crippen LogP) is 2.32. The molecule has 2 aromatic carbocycles. The van der Waals surface area contributed by atoms with Gasteiger partial charge in [-0.15, -0.1) is 8.78 Å². The molecule has 1 heterocycles. The lowest BCUT2D eigenvalue weighted by Crippen LogP contribution is -2.26. The zero-order valence-corrected chi connectivity index (χ0v) is 17.0. The van der Waals surface area contributed by atoms with Gasteiger partial charge in [-0.25, -0.2) is 12.7 Å². The molecule has 0 bridgehead atoms. The third-order valence-electron chi connectivity index (χ3n) is 4.06. The first-order valence-corrected chi connectivity index (χ1v) is 10.00. The number of amides is 1. The van der Waals surface area contributed by atoms with E-state index in [0.29, 0.717) is 5.69 Å². The van der Waals surface area contributed by atoms with Gasteiger partial charge in [0.15, 0.2) is 11.5 Å². The lowest BCUT2D eigenvalue weighted by molar-refractivity contribution is -0.286. The highest BCUT2D eigenvalue weighted by molar-refractivity contribution is 7.89. The Balaban J connectivity index is 1.67. The van der Waals surface area contributed by atoms with Crippen LogP contribution in [0, 0.1) is 0 Å². The van der Waals surface area contributed by atoms with Gasteiger partial charge in [-0.2, -0.15) is 0 Å². The number of hydrogen-bond acceptors (Lipinski definition) is 7. The highest BCUT2D eigenvalue weighted by Crippen LogP contribution is 2.42. The van der Waals surface area contributed by atoms with Crippen molar-refractivity contribution in [3.05, 3.63) is 36.4 Å². The molecule has 1 aliphatic rings. The van der Waals surface area contributed by atoms with Crippen molar-refractivity contribution in [3.63, 3.8) is 0 Å². The fraction of sp³-hybridized carbons (Fsp3) is 0.278. The van der Waals surface area contributed by atoms with Gasteiger partial charge >= 0.3 is 6.29 Å². The van der Waals surface area contributed by atoms with Crippen molar-refractivity contribution in [2.75, 3.05) is 38.4 Å². The number of anilines is 2. The largest absolute Gasteiger partial charge is 0.586 e. The summed E-state index contributed by atoms with van der Waals surface area (Å²) in [5.41, 5.74) is 0.601. The van der Waals surface area contributed by atoms with E-state index in [1.54, 1.807) is 0 Å². The summed E-state index contributed by atoms with van der Waals surface area (Å²) >= 11 is 0. The van der Waals surface area contributed by atoms with Crippen LogP contribution in [0.1, 0.15) is 0 Å². The molecular formula is C18H19F2N3O6S. The molecule has 1 aliphatic heterocycles. The first kappa shape index (κ1) is 21.6. The molecule has 0 atom stereocenters. The summed E-state index contributed by atoms with van der Waals surface area (Å²) in [4.78, 5) is 12.1. The third kappa shape index (κ3) is 4.54. The van der Waals surface area contributed by atoms with Crippen LogP contribution in [0.4, 0.5) is 20.2 Å². The van der Waals surface area contributed by atoms with E-state index in [2.05, 4.69) is 20.1 Å². The number of ether oxygens (including phenoxy) is 3. The normalized spacial score (nSPS) is 14.5. The summed E-state index contributed by atoms with van der Waals surface area (Å²) in [6.07, 6.45) is -3.72. The Morgan fingerprint density at radius 1 is 1.10 bits per heavy atom. The molecule has 0 fully saturated rings. The number of sulfonamides is 1. The number of carbonyl (C=O) groups is 1. The zero-order valence-electron chi connectivity index (χ0n) is 16.2. The van der Waals surface area contributed by atoms with Gasteiger partial charge in [0.25, 0.3) is 0 Å². The molecule has 0 spiro atoms. The number of benzene rings is 2. The number of rotatable bonds is 7. The summed E-state index contributed by atoms with van der Waals surface area (Å²) in [7, 11) is 0.307. The molecule has 162 valence electrons. The third-order valence-corrected chi connectivity index (χ3v) is 5.90. The van der Waals surface area contributed by atoms with Crippen molar-refractivity contribution in [2.24, 2.45) is 0 Å². The van der Waals surface area contributed by atoms with Crippen LogP contribution in [-0.4, -0.2) is 52.7 Å². The Labute approximate surface area is 171 Å². The van der Waals surface area contributed by atoms with E-state index < -0.39 is 22.2 Å². The molecule has 0 saturated carbocycles. The number of halogens is 2. The molecule has 30 heavy (non-hydrogen) atoms. The second-order valence-electron chi connectivity index (χ2n) is 6.38. The summed E-state index contributed by atoms with van der Waals surface area (Å²) in [6, 6.07) is 8.23. The SMILES string of the molecule is COc1ccc(NC(=O)CNc2ccc3c(c2)OC(F)(F)O3)cc1S(=O)(=O)N(C)C. The van der Waals surface area contributed by atoms with Crippen LogP contribution in [0.2, 0.25) is 0 Å². The number of carbonyl (C=O) groups excluding carboxylic acids is 1. The molecule has 0 aromatic heterocycles. The Bertz CT molecular complexity index is 1080. The minimum Gasteiger partial charge on any atom is -0.495 e. The zero-order chi connectivity index (χ0) is 22.1. The highest BCUT2D eigenvalue weighted by Gasteiger charge is 2.43. The van der Waals surface area contributed by atoms with Crippen molar-refractivity contribution in [2.45, 2.75) is 11.2 Å². The molecule has 2 N–H and O–H groups in total. The van der Waals surface area contributed by atoms with Gasteiger partial charge in [0, 0.05) is 31.5 Å². The van der Waals surface area contributed by atoms with Gasteiger partial charge < -0.3 is 24.8 Å². The van der Waals surface area contributed by atoms with Crippen LogP contribution in [0.5, 0.6) is 17.2 Å². The van der Waals surface area contributed by atoms with Crippen LogP contribution in [0.3, 0.4) is 0 Å². The predicted molar refractivity (Wildman–Crippen MR) is 104 cm³/mol. The van der Waals surface area contributed by atoms with Gasteiger partial charge in [0.05, 0.1) is 13.7 Å². The average Bonchev–Trinajstić information content (AvgIpc) is 2.99. The van der Waals surface area contributed by atoms with Gasteiger partial charge in [-0.3, -0.25) is 4.79 Å². The van der Waals surface area contributed by atoms with Gasteiger partial charge in [0.1, 0.15) is 10.6 Å². The Kier molecular flexibility index (Phi) is 5.72. The molecule has 2 aromatic rings. The fourth-order valence-corrected chi connectivity index (χ4v) is 3.67. The van der Waals surface area contributed by atoms with E-state index in [4.69, 9.17) is 4.74 Å². The van der Waals surface area contributed by atoms with Crippen LogP contribution in [0.25, 0.3) is 0 Å². The number of alkyl halides is 2. The van der Waals surface area contributed by atoms with E-state index in [9.17, 15) is 22.0 Å². The number of hydrogen-bond donors (Lipinski definition) is 2. The standard InChI is InChI=1S/C18H19F2N3O6S/c1-23(2)30(25,26)16-9-12(5-7-14(16)27-3)22-17(24)10-21-11-4-6-13-15(8-11)29-18(19,20)28-13/h4-9,21H,10H2,1-3H3,(H,22,24). The molecule has 0 saturated heterocycles. The van der Waals surface area contributed by atoms with Gasteiger partial charge in [-0.1, -0.05) is 0 Å². The van der Waals surface area contributed by atoms with Gasteiger partial charge in [0.2, 0.25) is 15.9 Å². The van der Waals surface area contributed by atoms with Crippen LogP contribution in [0.15, 0.2) is 41.3 Å². The van der Waals surface area contributed by atoms with Crippen molar-refractivity contribution >= 4 is 27.3 Å². The maximum absolute atomic E-state index is 13.1. The first-order valence-electron chi connectivity index (χ1n) is 8.56. The van der Waals surface area contributed by atoms with E-state index >= 15 is 0 Å². The monoisotopic (exact) mass is 443 g/mol. The number of fused-ring (bicyclic) bond motifs is 1. The minimum absolute atomic E-state index is 0.0996. The summed E-state index contributed by atoms with van der Waals surface area (Å²) in [5.74, 6) is -0.615. The Hall–Kier alpha value is -3.12. The maximum atomic E-state index is 13.1. The molecule has 1 amide bonds. The van der Waals surface area contributed by atoms with Crippen molar-refractivity contribution in [1.29, 1.82) is 0 Å². The Morgan fingerprint density at radius 3 is 2.43 bits per heavy atom. The number of nitrogens with one attached hydrogen (secondary N) is 2. The van der Waals surface area contributed by atoms with Crippen LogP contribution < -0.4 is 24.8 Å². The van der Waals surface area contributed by atoms with Gasteiger partial charge in [-0.05, 0) is 30.3 Å². The lowest BCUT2D eigenvalue weighted by Gasteiger charge is -2.16. The second-order valence-corrected chi connectivity index (χ2v) is 8.50.